The Bertz CT molecular complexity index is 1080. The van der Waals surface area contributed by atoms with Crippen LogP contribution >= 0.6 is 0 Å². The SMILES string of the molecule is COc1ccc(Nc2c(N)cnc3ccc4c(c23)CCS4(=O)=O)cn1. The zero-order valence-corrected chi connectivity index (χ0v) is 14.3. The molecular weight excluding hydrogens is 340 g/mol. The van der Waals surface area contributed by atoms with Crippen LogP contribution in [-0.4, -0.2) is 31.2 Å². The van der Waals surface area contributed by atoms with E-state index < -0.39 is 9.84 Å². The summed E-state index contributed by atoms with van der Waals surface area (Å²) in [7, 11) is -1.68. The van der Waals surface area contributed by atoms with Crippen LogP contribution in [0.4, 0.5) is 17.1 Å². The average molecular weight is 356 g/mol. The summed E-state index contributed by atoms with van der Waals surface area (Å²) in [6.45, 7) is 0. The summed E-state index contributed by atoms with van der Waals surface area (Å²) < 4.78 is 29.5. The quantitative estimate of drug-likeness (QED) is 0.741. The first-order valence-electron chi connectivity index (χ1n) is 7.69. The fraction of sp³-hybridized carbons (Fsp3) is 0.176. The van der Waals surface area contributed by atoms with Gasteiger partial charge in [-0.1, -0.05) is 0 Å². The predicted octanol–water partition coefficient (Wildman–Crippen LogP) is 2.29. The van der Waals surface area contributed by atoms with Crippen molar-refractivity contribution in [2.45, 2.75) is 11.3 Å². The maximum atomic E-state index is 12.2. The van der Waals surface area contributed by atoms with Crippen molar-refractivity contribution in [1.29, 1.82) is 0 Å². The molecule has 0 aliphatic carbocycles. The van der Waals surface area contributed by atoms with Crippen LogP contribution in [0.2, 0.25) is 0 Å². The van der Waals surface area contributed by atoms with Gasteiger partial charge in [-0.15, -0.1) is 0 Å². The largest absolute Gasteiger partial charge is 0.481 e. The van der Waals surface area contributed by atoms with Gasteiger partial charge in [0.05, 0.1) is 52.7 Å². The molecule has 0 atom stereocenters. The van der Waals surface area contributed by atoms with E-state index in [2.05, 4.69) is 15.3 Å². The molecule has 25 heavy (non-hydrogen) atoms. The van der Waals surface area contributed by atoms with E-state index in [1.165, 1.54) is 0 Å². The van der Waals surface area contributed by atoms with Crippen molar-refractivity contribution in [2.75, 3.05) is 23.9 Å². The Morgan fingerprint density at radius 2 is 2.00 bits per heavy atom. The molecule has 2 aromatic heterocycles. The minimum atomic E-state index is -3.23. The molecule has 8 heteroatoms. The van der Waals surface area contributed by atoms with Crippen LogP contribution in [0, 0.1) is 0 Å². The van der Waals surface area contributed by atoms with Crippen LogP contribution in [0.25, 0.3) is 10.9 Å². The number of hydrogen-bond donors (Lipinski definition) is 2. The monoisotopic (exact) mass is 356 g/mol. The van der Waals surface area contributed by atoms with Crippen molar-refractivity contribution in [3.63, 3.8) is 0 Å². The van der Waals surface area contributed by atoms with Crippen molar-refractivity contribution in [1.82, 2.24) is 9.97 Å². The number of rotatable bonds is 3. The van der Waals surface area contributed by atoms with Gasteiger partial charge in [-0.05, 0) is 30.2 Å². The first-order valence-corrected chi connectivity index (χ1v) is 9.35. The van der Waals surface area contributed by atoms with Crippen molar-refractivity contribution < 1.29 is 13.2 Å². The van der Waals surface area contributed by atoms with Crippen LogP contribution in [0.3, 0.4) is 0 Å². The Balaban J connectivity index is 1.90. The third kappa shape index (κ3) is 2.54. The number of nitrogens with zero attached hydrogens (tertiary/aromatic N) is 2. The van der Waals surface area contributed by atoms with Gasteiger partial charge in [-0.25, -0.2) is 13.4 Å². The number of benzene rings is 1. The van der Waals surface area contributed by atoms with E-state index in [-0.39, 0.29) is 5.75 Å². The molecule has 3 heterocycles. The molecule has 128 valence electrons. The van der Waals surface area contributed by atoms with E-state index in [1.807, 2.05) is 6.07 Å². The number of aryl methyl sites for hydroxylation is 1. The zero-order valence-electron chi connectivity index (χ0n) is 13.5. The topological polar surface area (TPSA) is 107 Å². The summed E-state index contributed by atoms with van der Waals surface area (Å²) >= 11 is 0. The summed E-state index contributed by atoms with van der Waals surface area (Å²) in [6, 6.07) is 6.89. The number of anilines is 3. The number of fused-ring (bicyclic) bond motifs is 3. The molecule has 3 N–H and O–H groups in total. The minimum Gasteiger partial charge on any atom is -0.481 e. The van der Waals surface area contributed by atoms with Crippen molar-refractivity contribution >= 4 is 37.8 Å². The molecule has 0 saturated carbocycles. The number of pyridine rings is 2. The molecule has 0 bridgehead atoms. The Kier molecular flexibility index (Phi) is 3.50. The van der Waals surface area contributed by atoms with Gasteiger partial charge in [0, 0.05) is 11.5 Å². The molecule has 3 aromatic rings. The van der Waals surface area contributed by atoms with E-state index in [0.717, 1.165) is 16.6 Å². The van der Waals surface area contributed by atoms with Crippen molar-refractivity contribution in [2.24, 2.45) is 0 Å². The Morgan fingerprint density at radius 1 is 1.16 bits per heavy atom. The van der Waals surface area contributed by atoms with Gasteiger partial charge in [-0.3, -0.25) is 4.98 Å². The number of aromatic nitrogens is 2. The van der Waals surface area contributed by atoms with Gasteiger partial charge >= 0.3 is 0 Å². The average Bonchev–Trinajstić information content (AvgIpc) is 2.93. The second-order valence-electron chi connectivity index (χ2n) is 5.81. The highest BCUT2D eigenvalue weighted by atomic mass is 32.2. The number of nitrogens with two attached hydrogens (primary N) is 1. The van der Waals surface area contributed by atoms with E-state index >= 15 is 0 Å². The van der Waals surface area contributed by atoms with Gasteiger partial charge in [0.2, 0.25) is 5.88 Å². The molecule has 0 amide bonds. The molecule has 0 radical (unpaired) electrons. The number of sulfone groups is 1. The molecular formula is C17H16N4O3S. The fourth-order valence-corrected chi connectivity index (χ4v) is 4.64. The van der Waals surface area contributed by atoms with Crippen molar-refractivity contribution in [3.8, 4) is 5.88 Å². The van der Waals surface area contributed by atoms with Crippen LogP contribution in [0.5, 0.6) is 5.88 Å². The Hall–Kier alpha value is -2.87. The molecule has 7 nitrogen and oxygen atoms in total. The number of nitrogen functional groups attached to an aromatic ring is 1. The van der Waals surface area contributed by atoms with E-state index in [4.69, 9.17) is 10.5 Å². The first kappa shape index (κ1) is 15.6. The van der Waals surface area contributed by atoms with E-state index in [9.17, 15) is 8.42 Å². The van der Waals surface area contributed by atoms with Crippen LogP contribution in [0.1, 0.15) is 5.56 Å². The summed E-state index contributed by atoms with van der Waals surface area (Å²) in [5, 5.41) is 3.99. The summed E-state index contributed by atoms with van der Waals surface area (Å²) in [5.41, 5.74) is 9.41. The molecule has 1 aromatic carbocycles. The summed E-state index contributed by atoms with van der Waals surface area (Å²) in [6.07, 6.45) is 3.65. The molecule has 1 aliphatic heterocycles. The van der Waals surface area contributed by atoms with Gasteiger partial charge in [0.25, 0.3) is 0 Å². The highest BCUT2D eigenvalue weighted by Gasteiger charge is 2.29. The van der Waals surface area contributed by atoms with Gasteiger partial charge in [0.15, 0.2) is 9.84 Å². The standard InChI is InChI=1S/C17H16N4O3S/c1-24-15-5-2-10(8-20-15)21-17-12(18)9-19-13-3-4-14-11(16(13)17)6-7-25(14,22)23/h2-5,8-9H,6-7,18H2,1H3,(H,19,21). The highest BCUT2D eigenvalue weighted by molar-refractivity contribution is 7.91. The smallest absolute Gasteiger partial charge is 0.213 e. The van der Waals surface area contributed by atoms with E-state index in [1.54, 1.807) is 37.7 Å². The zero-order chi connectivity index (χ0) is 17.6. The van der Waals surface area contributed by atoms with Gasteiger partial charge in [0.1, 0.15) is 0 Å². The fourth-order valence-electron chi connectivity index (χ4n) is 3.09. The molecule has 1 aliphatic rings. The molecule has 0 saturated heterocycles. The number of methoxy groups -OCH3 is 1. The lowest BCUT2D eigenvalue weighted by Gasteiger charge is -2.14. The number of ether oxygens (including phenoxy) is 1. The first-order chi connectivity index (χ1) is 12.0. The Labute approximate surface area is 144 Å². The third-order valence-corrected chi connectivity index (χ3v) is 6.09. The number of nitrogens with one attached hydrogen (secondary N) is 1. The van der Waals surface area contributed by atoms with Crippen LogP contribution < -0.4 is 15.8 Å². The lowest BCUT2D eigenvalue weighted by atomic mass is 10.0. The predicted molar refractivity (Wildman–Crippen MR) is 96.0 cm³/mol. The van der Waals surface area contributed by atoms with Gasteiger partial charge < -0.3 is 15.8 Å². The van der Waals surface area contributed by atoms with E-state index in [0.29, 0.717) is 34.1 Å². The minimum absolute atomic E-state index is 0.111. The Morgan fingerprint density at radius 3 is 2.72 bits per heavy atom. The van der Waals surface area contributed by atoms with Crippen LogP contribution in [0.15, 0.2) is 41.6 Å². The van der Waals surface area contributed by atoms with Crippen LogP contribution in [-0.2, 0) is 16.3 Å². The second-order valence-corrected chi connectivity index (χ2v) is 7.89. The maximum Gasteiger partial charge on any atom is 0.213 e. The lowest BCUT2D eigenvalue weighted by molar-refractivity contribution is 0.398. The van der Waals surface area contributed by atoms with Crippen molar-refractivity contribution in [3.05, 3.63) is 42.2 Å². The van der Waals surface area contributed by atoms with Gasteiger partial charge in [-0.2, -0.15) is 0 Å². The molecule has 0 unspecified atom stereocenters. The summed E-state index contributed by atoms with van der Waals surface area (Å²) in [4.78, 5) is 8.87. The lowest BCUT2D eigenvalue weighted by Crippen LogP contribution is -2.02. The number of hydrogen-bond acceptors (Lipinski definition) is 7. The third-order valence-electron chi connectivity index (χ3n) is 4.30. The molecule has 4 rings (SSSR count). The maximum absolute atomic E-state index is 12.2. The highest BCUT2D eigenvalue weighted by Crippen LogP contribution is 2.39. The normalized spacial score (nSPS) is 15.1. The molecule has 0 spiro atoms. The molecule has 0 fully saturated rings. The second kappa shape index (κ2) is 5.59. The summed E-state index contributed by atoms with van der Waals surface area (Å²) in [5.74, 6) is 0.616.